The summed E-state index contributed by atoms with van der Waals surface area (Å²) in [6.45, 7) is 3.63. The summed E-state index contributed by atoms with van der Waals surface area (Å²) >= 11 is 0. The lowest BCUT2D eigenvalue weighted by Gasteiger charge is -1.91. The van der Waals surface area contributed by atoms with Crippen LogP contribution in [0.25, 0.3) is 0 Å². The van der Waals surface area contributed by atoms with Gasteiger partial charge in [-0.1, -0.05) is 6.08 Å². The molecule has 0 aliphatic heterocycles. The van der Waals surface area contributed by atoms with Crippen LogP contribution in [-0.2, 0) is 0 Å². The van der Waals surface area contributed by atoms with E-state index in [9.17, 15) is 0 Å². The summed E-state index contributed by atoms with van der Waals surface area (Å²) in [6.07, 6.45) is 6.50. The lowest BCUT2D eigenvalue weighted by Crippen LogP contribution is -1.84. The Labute approximate surface area is 56.4 Å². The SMILES string of the molecule is C=CCCCC1C[C@@H]1O. The molecule has 1 rings (SSSR count). The van der Waals surface area contributed by atoms with E-state index in [4.69, 9.17) is 5.11 Å². The van der Waals surface area contributed by atoms with Crippen LogP contribution in [0.3, 0.4) is 0 Å². The quantitative estimate of drug-likeness (QED) is 0.449. The van der Waals surface area contributed by atoms with Crippen molar-refractivity contribution >= 4 is 0 Å². The number of aliphatic hydroxyl groups excluding tert-OH is 1. The van der Waals surface area contributed by atoms with Crippen LogP contribution in [0.1, 0.15) is 25.7 Å². The van der Waals surface area contributed by atoms with Crippen LogP contribution in [-0.4, -0.2) is 11.2 Å². The fraction of sp³-hybridized carbons (Fsp3) is 0.750. The third kappa shape index (κ3) is 2.19. The van der Waals surface area contributed by atoms with E-state index in [1.54, 1.807) is 0 Å². The summed E-state index contributed by atoms with van der Waals surface area (Å²) < 4.78 is 0. The highest BCUT2D eigenvalue weighted by atomic mass is 16.3. The van der Waals surface area contributed by atoms with E-state index >= 15 is 0 Å². The van der Waals surface area contributed by atoms with Gasteiger partial charge in [-0.2, -0.15) is 0 Å². The molecule has 1 nitrogen and oxygen atoms in total. The van der Waals surface area contributed by atoms with Crippen molar-refractivity contribution in [3.8, 4) is 0 Å². The van der Waals surface area contributed by atoms with Gasteiger partial charge in [-0.15, -0.1) is 6.58 Å². The number of allylic oxidation sites excluding steroid dienone is 1. The molecule has 1 N–H and O–H groups in total. The Hall–Kier alpha value is -0.300. The standard InChI is InChI=1S/C8H14O/c1-2-3-4-5-7-6-8(7)9/h2,7-9H,1,3-6H2/t7?,8-/m0/s1. The van der Waals surface area contributed by atoms with Gasteiger partial charge in [-0.05, 0) is 31.6 Å². The minimum atomic E-state index is 0.0369. The van der Waals surface area contributed by atoms with Gasteiger partial charge in [0.05, 0.1) is 6.10 Å². The topological polar surface area (TPSA) is 20.2 Å². The summed E-state index contributed by atoms with van der Waals surface area (Å²) in [7, 11) is 0. The summed E-state index contributed by atoms with van der Waals surface area (Å²) in [5.74, 6) is 0.630. The highest BCUT2D eigenvalue weighted by molar-refractivity contribution is 4.85. The molecule has 0 aromatic carbocycles. The van der Waals surface area contributed by atoms with Crippen LogP contribution in [0.4, 0.5) is 0 Å². The Morgan fingerprint density at radius 3 is 2.78 bits per heavy atom. The van der Waals surface area contributed by atoms with Crippen LogP contribution >= 0.6 is 0 Å². The molecule has 1 aliphatic rings. The number of rotatable bonds is 4. The summed E-state index contributed by atoms with van der Waals surface area (Å²) in [5, 5.41) is 8.90. The van der Waals surface area contributed by atoms with Gasteiger partial charge in [0, 0.05) is 0 Å². The smallest absolute Gasteiger partial charge is 0.0573 e. The van der Waals surface area contributed by atoms with Gasteiger partial charge in [-0.25, -0.2) is 0 Å². The zero-order chi connectivity index (χ0) is 6.69. The molecule has 0 aromatic heterocycles. The molecule has 0 aromatic rings. The van der Waals surface area contributed by atoms with Crippen molar-refractivity contribution in [2.24, 2.45) is 5.92 Å². The van der Waals surface area contributed by atoms with Crippen LogP contribution < -0.4 is 0 Å². The minimum absolute atomic E-state index is 0.0369. The number of unbranched alkanes of at least 4 members (excludes halogenated alkanes) is 1. The van der Waals surface area contributed by atoms with E-state index in [2.05, 4.69) is 6.58 Å². The molecular weight excluding hydrogens is 112 g/mol. The highest BCUT2D eigenvalue weighted by Gasteiger charge is 2.33. The fourth-order valence-corrected chi connectivity index (χ4v) is 1.07. The van der Waals surface area contributed by atoms with Crippen molar-refractivity contribution < 1.29 is 5.11 Å². The molecule has 0 amide bonds. The number of hydrogen-bond donors (Lipinski definition) is 1. The summed E-state index contributed by atoms with van der Waals surface area (Å²) in [4.78, 5) is 0. The molecule has 1 saturated carbocycles. The predicted molar refractivity (Wildman–Crippen MR) is 38.2 cm³/mol. The summed E-state index contributed by atoms with van der Waals surface area (Å²) in [5.41, 5.74) is 0. The second kappa shape index (κ2) is 3.02. The van der Waals surface area contributed by atoms with E-state index < -0.39 is 0 Å². The van der Waals surface area contributed by atoms with Crippen molar-refractivity contribution in [2.75, 3.05) is 0 Å². The van der Waals surface area contributed by atoms with Crippen LogP contribution in [0.2, 0.25) is 0 Å². The first-order chi connectivity index (χ1) is 4.34. The molecular formula is C8H14O. The molecule has 0 bridgehead atoms. The van der Waals surface area contributed by atoms with E-state index in [1.165, 1.54) is 12.8 Å². The molecule has 0 spiro atoms. The van der Waals surface area contributed by atoms with Gasteiger partial charge in [0.25, 0.3) is 0 Å². The average molecular weight is 126 g/mol. The minimum Gasteiger partial charge on any atom is -0.393 e. The fourth-order valence-electron chi connectivity index (χ4n) is 1.07. The van der Waals surface area contributed by atoms with Gasteiger partial charge < -0.3 is 5.11 Å². The van der Waals surface area contributed by atoms with Crippen molar-refractivity contribution in [2.45, 2.75) is 31.8 Å². The number of aliphatic hydroxyl groups is 1. The second-order valence-corrected chi connectivity index (χ2v) is 2.78. The number of hydrogen-bond acceptors (Lipinski definition) is 1. The highest BCUT2D eigenvalue weighted by Crippen LogP contribution is 2.34. The first kappa shape index (κ1) is 6.81. The molecule has 2 atom stereocenters. The molecule has 52 valence electrons. The maximum Gasteiger partial charge on any atom is 0.0573 e. The van der Waals surface area contributed by atoms with Gasteiger partial charge in [0.1, 0.15) is 0 Å². The van der Waals surface area contributed by atoms with Crippen molar-refractivity contribution in [1.29, 1.82) is 0 Å². The molecule has 0 saturated heterocycles. The normalized spacial score (nSPS) is 32.1. The van der Waals surface area contributed by atoms with E-state index in [0.29, 0.717) is 5.92 Å². The lowest BCUT2D eigenvalue weighted by atomic mass is 10.2. The van der Waals surface area contributed by atoms with E-state index in [-0.39, 0.29) is 6.10 Å². The molecule has 1 unspecified atom stereocenters. The monoisotopic (exact) mass is 126 g/mol. The van der Waals surface area contributed by atoms with Crippen LogP contribution in [0.15, 0.2) is 12.7 Å². The third-order valence-electron chi connectivity index (χ3n) is 1.87. The van der Waals surface area contributed by atoms with Gasteiger partial charge in [-0.3, -0.25) is 0 Å². The van der Waals surface area contributed by atoms with Crippen molar-refractivity contribution in [3.05, 3.63) is 12.7 Å². The Kier molecular flexibility index (Phi) is 2.29. The second-order valence-electron chi connectivity index (χ2n) is 2.78. The van der Waals surface area contributed by atoms with Crippen LogP contribution in [0, 0.1) is 5.92 Å². The maximum absolute atomic E-state index is 8.90. The molecule has 1 aliphatic carbocycles. The molecule has 0 heterocycles. The lowest BCUT2D eigenvalue weighted by molar-refractivity contribution is 0.256. The van der Waals surface area contributed by atoms with Crippen molar-refractivity contribution in [1.82, 2.24) is 0 Å². The van der Waals surface area contributed by atoms with Crippen LogP contribution in [0.5, 0.6) is 0 Å². The average Bonchev–Trinajstić information content (AvgIpc) is 2.48. The first-order valence-corrected chi connectivity index (χ1v) is 3.63. The van der Waals surface area contributed by atoms with E-state index in [1.807, 2.05) is 6.08 Å². The summed E-state index contributed by atoms with van der Waals surface area (Å²) in [6, 6.07) is 0. The van der Waals surface area contributed by atoms with Gasteiger partial charge >= 0.3 is 0 Å². The Balaban J connectivity index is 1.88. The maximum atomic E-state index is 8.90. The zero-order valence-corrected chi connectivity index (χ0v) is 5.71. The molecule has 1 heteroatoms. The Morgan fingerprint density at radius 1 is 1.67 bits per heavy atom. The first-order valence-electron chi connectivity index (χ1n) is 3.63. The van der Waals surface area contributed by atoms with Gasteiger partial charge in [0.2, 0.25) is 0 Å². The predicted octanol–water partition coefficient (Wildman–Crippen LogP) is 1.72. The van der Waals surface area contributed by atoms with Gasteiger partial charge in [0.15, 0.2) is 0 Å². The molecule has 0 radical (unpaired) electrons. The van der Waals surface area contributed by atoms with E-state index in [0.717, 1.165) is 12.8 Å². The third-order valence-corrected chi connectivity index (χ3v) is 1.87. The molecule has 9 heavy (non-hydrogen) atoms. The molecule has 1 fully saturated rings. The van der Waals surface area contributed by atoms with Crippen molar-refractivity contribution in [3.63, 3.8) is 0 Å². The Bertz CT molecular complexity index is 98.7. The zero-order valence-electron chi connectivity index (χ0n) is 5.71. The Morgan fingerprint density at radius 2 is 2.33 bits per heavy atom. The largest absolute Gasteiger partial charge is 0.393 e.